The number of hydrogen-bond acceptors (Lipinski definition) is 5. The van der Waals surface area contributed by atoms with E-state index in [1.165, 1.54) is 0 Å². The van der Waals surface area contributed by atoms with Crippen molar-refractivity contribution in [1.82, 2.24) is 19.6 Å². The summed E-state index contributed by atoms with van der Waals surface area (Å²) in [5, 5.41) is 4.69. The number of hydrogen-bond donors (Lipinski definition) is 0. The highest BCUT2D eigenvalue weighted by molar-refractivity contribution is 7.90. The number of amides is 1. The maximum atomic E-state index is 13.5. The summed E-state index contributed by atoms with van der Waals surface area (Å²) >= 11 is 0. The van der Waals surface area contributed by atoms with E-state index in [1.807, 2.05) is 53.8 Å². The smallest absolute Gasteiger partial charge is 0.285 e. The minimum absolute atomic E-state index is 0.0479. The van der Waals surface area contributed by atoms with Gasteiger partial charge in [-0.25, -0.2) is 4.68 Å². The first-order valence-corrected chi connectivity index (χ1v) is 12.8. The Hall–Kier alpha value is -3.46. The lowest BCUT2D eigenvalue weighted by atomic mass is 10.1. The molecule has 9 heteroatoms. The molecule has 0 saturated carbocycles. The third kappa shape index (κ3) is 3.69. The van der Waals surface area contributed by atoms with Gasteiger partial charge in [0.1, 0.15) is 10.9 Å². The van der Waals surface area contributed by atoms with Gasteiger partial charge in [-0.05, 0) is 51.0 Å². The first kappa shape index (κ1) is 22.3. The van der Waals surface area contributed by atoms with Crippen molar-refractivity contribution in [2.75, 3.05) is 13.6 Å². The van der Waals surface area contributed by atoms with Gasteiger partial charge in [-0.2, -0.15) is 13.5 Å². The summed E-state index contributed by atoms with van der Waals surface area (Å²) < 4.78 is 31.0. The summed E-state index contributed by atoms with van der Waals surface area (Å²) in [4.78, 5) is 17.3. The van der Waals surface area contributed by atoms with Crippen LogP contribution in [0.2, 0.25) is 0 Å². The Balaban J connectivity index is 1.39. The van der Waals surface area contributed by atoms with Crippen LogP contribution < -0.4 is 0 Å². The number of aromatic nitrogens is 2. The molecule has 2 aliphatic rings. The van der Waals surface area contributed by atoms with Gasteiger partial charge in [-0.15, -0.1) is 4.40 Å². The van der Waals surface area contributed by atoms with Gasteiger partial charge in [-0.1, -0.05) is 30.3 Å². The standard InChI is InChI=1S/C25H27N5O3S/c1-17-21(18(2)30(26-17)19-10-5-4-6-11-19)16-28(3)25(31)22-13-9-15-29(22)24-20-12-7-8-14-23(20)34(32,33)27-24/h4-8,10-12,14,22H,9,13,15-16H2,1-3H3/t22-/m0/s1. The highest BCUT2D eigenvalue weighted by atomic mass is 32.2. The molecule has 0 unspecified atom stereocenters. The zero-order chi connectivity index (χ0) is 24.0. The summed E-state index contributed by atoms with van der Waals surface area (Å²) in [5.41, 5.74) is 4.43. The Morgan fingerprint density at radius 2 is 1.79 bits per heavy atom. The van der Waals surface area contributed by atoms with Gasteiger partial charge in [0.25, 0.3) is 10.0 Å². The number of rotatable bonds is 4. The van der Waals surface area contributed by atoms with Crippen LogP contribution in [0.25, 0.3) is 5.69 Å². The minimum Gasteiger partial charge on any atom is -0.343 e. The average molecular weight is 478 g/mol. The quantitative estimate of drug-likeness (QED) is 0.576. The Kier molecular flexibility index (Phi) is 5.51. The average Bonchev–Trinajstić information content (AvgIpc) is 3.50. The molecular weight excluding hydrogens is 450 g/mol. The van der Waals surface area contributed by atoms with Gasteiger partial charge < -0.3 is 9.80 Å². The first-order valence-electron chi connectivity index (χ1n) is 11.3. The number of likely N-dealkylation sites (N-methyl/N-ethyl adjacent to an activating group) is 1. The second-order valence-corrected chi connectivity index (χ2v) is 10.4. The molecule has 5 rings (SSSR count). The number of fused-ring (bicyclic) bond motifs is 1. The minimum atomic E-state index is -3.73. The lowest BCUT2D eigenvalue weighted by Gasteiger charge is -2.29. The van der Waals surface area contributed by atoms with Crippen molar-refractivity contribution in [3.8, 4) is 5.69 Å². The van der Waals surface area contributed by atoms with Crippen LogP contribution in [0, 0.1) is 13.8 Å². The van der Waals surface area contributed by atoms with Gasteiger partial charge in [0.15, 0.2) is 5.84 Å². The highest BCUT2D eigenvalue weighted by Crippen LogP contribution is 2.32. The van der Waals surface area contributed by atoms with Crippen LogP contribution >= 0.6 is 0 Å². The van der Waals surface area contributed by atoms with E-state index in [1.54, 1.807) is 36.2 Å². The molecule has 0 spiro atoms. The lowest BCUT2D eigenvalue weighted by molar-refractivity contribution is -0.134. The van der Waals surface area contributed by atoms with Crippen molar-refractivity contribution in [3.05, 3.63) is 77.1 Å². The molecule has 1 saturated heterocycles. The number of para-hydroxylation sites is 1. The summed E-state index contributed by atoms with van der Waals surface area (Å²) in [6, 6.07) is 16.3. The van der Waals surface area contributed by atoms with Crippen LogP contribution in [0.4, 0.5) is 0 Å². The van der Waals surface area contributed by atoms with E-state index in [0.717, 1.165) is 29.1 Å². The molecule has 8 nitrogen and oxygen atoms in total. The van der Waals surface area contributed by atoms with Crippen LogP contribution in [0.5, 0.6) is 0 Å². The molecule has 3 heterocycles. The van der Waals surface area contributed by atoms with Gasteiger partial charge >= 0.3 is 0 Å². The molecular formula is C25H27N5O3S. The molecule has 0 bridgehead atoms. The Bertz CT molecular complexity index is 1400. The van der Waals surface area contributed by atoms with Crippen molar-refractivity contribution < 1.29 is 13.2 Å². The van der Waals surface area contributed by atoms with Crippen LogP contribution in [0.3, 0.4) is 0 Å². The van der Waals surface area contributed by atoms with E-state index in [2.05, 4.69) is 4.40 Å². The third-order valence-electron chi connectivity index (χ3n) is 6.64. The van der Waals surface area contributed by atoms with Crippen molar-refractivity contribution in [2.45, 2.75) is 44.2 Å². The summed E-state index contributed by atoms with van der Waals surface area (Å²) in [6.07, 6.45) is 1.46. The molecule has 1 amide bonds. The lowest BCUT2D eigenvalue weighted by Crippen LogP contribution is -2.46. The first-order chi connectivity index (χ1) is 16.3. The third-order valence-corrected chi connectivity index (χ3v) is 7.96. The van der Waals surface area contributed by atoms with E-state index in [0.29, 0.717) is 30.9 Å². The summed E-state index contributed by atoms with van der Waals surface area (Å²) in [5.74, 6) is 0.331. The van der Waals surface area contributed by atoms with Crippen molar-refractivity contribution in [2.24, 2.45) is 4.40 Å². The fourth-order valence-electron chi connectivity index (χ4n) is 4.87. The normalized spacial score (nSPS) is 18.6. The number of benzene rings is 2. The van der Waals surface area contributed by atoms with Gasteiger partial charge in [-0.3, -0.25) is 4.79 Å². The van der Waals surface area contributed by atoms with E-state index in [9.17, 15) is 13.2 Å². The van der Waals surface area contributed by atoms with Crippen LogP contribution in [0.15, 0.2) is 63.9 Å². The van der Waals surface area contributed by atoms with Crippen molar-refractivity contribution in [3.63, 3.8) is 0 Å². The molecule has 1 fully saturated rings. The van der Waals surface area contributed by atoms with Crippen LogP contribution in [-0.2, 0) is 21.4 Å². The number of amidine groups is 1. The number of nitrogens with zero attached hydrogens (tertiary/aromatic N) is 5. The predicted octanol–water partition coefficient (Wildman–Crippen LogP) is 3.06. The number of carbonyl (C=O) groups is 1. The van der Waals surface area contributed by atoms with Gasteiger partial charge in [0.2, 0.25) is 5.91 Å². The maximum Gasteiger partial charge on any atom is 0.285 e. The molecule has 2 aliphatic heterocycles. The molecule has 0 aliphatic carbocycles. The van der Waals surface area contributed by atoms with Gasteiger partial charge in [0.05, 0.1) is 11.4 Å². The molecule has 34 heavy (non-hydrogen) atoms. The molecule has 0 N–H and O–H groups in total. The van der Waals surface area contributed by atoms with E-state index in [-0.39, 0.29) is 10.8 Å². The molecule has 0 radical (unpaired) electrons. The number of likely N-dealkylation sites (tertiary alicyclic amines) is 1. The van der Waals surface area contributed by atoms with E-state index < -0.39 is 16.1 Å². The zero-order valence-corrected chi connectivity index (χ0v) is 20.3. The predicted molar refractivity (Wildman–Crippen MR) is 129 cm³/mol. The monoisotopic (exact) mass is 477 g/mol. The summed E-state index contributed by atoms with van der Waals surface area (Å²) in [6.45, 7) is 4.99. The molecule has 1 aromatic heterocycles. The molecule has 3 aromatic rings. The fourth-order valence-corrected chi connectivity index (χ4v) is 6.08. The SMILES string of the molecule is Cc1nn(-c2ccccc2)c(C)c1CN(C)C(=O)[C@@H]1CCCN1C1=NS(=O)(=O)c2ccccc21. The Morgan fingerprint density at radius 1 is 1.09 bits per heavy atom. The highest BCUT2D eigenvalue weighted by Gasteiger charge is 2.40. The van der Waals surface area contributed by atoms with Gasteiger partial charge in [0, 0.05) is 37.0 Å². The Morgan fingerprint density at radius 3 is 2.56 bits per heavy atom. The maximum absolute atomic E-state index is 13.5. The number of aryl methyl sites for hydroxylation is 1. The van der Waals surface area contributed by atoms with E-state index >= 15 is 0 Å². The summed E-state index contributed by atoms with van der Waals surface area (Å²) in [7, 11) is -1.94. The molecule has 1 atom stereocenters. The largest absolute Gasteiger partial charge is 0.343 e. The topological polar surface area (TPSA) is 87.9 Å². The second kappa shape index (κ2) is 8.39. The van der Waals surface area contributed by atoms with Crippen LogP contribution in [-0.4, -0.2) is 59.4 Å². The fraction of sp³-hybridized carbons (Fsp3) is 0.320. The Labute approximate surface area is 199 Å². The molecule has 2 aromatic carbocycles. The van der Waals surface area contributed by atoms with Crippen molar-refractivity contribution >= 4 is 21.8 Å². The molecule has 176 valence electrons. The van der Waals surface area contributed by atoms with Crippen molar-refractivity contribution in [1.29, 1.82) is 0 Å². The number of carbonyl (C=O) groups excluding carboxylic acids is 1. The van der Waals surface area contributed by atoms with Crippen LogP contribution in [0.1, 0.15) is 35.4 Å². The second-order valence-electron chi connectivity index (χ2n) is 8.83. The number of sulfonamides is 1. The van der Waals surface area contributed by atoms with E-state index in [4.69, 9.17) is 5.10 Å². The zero-order valence-electron chi connectivity index (χ0n) is 19.5.